The monoisotopic (exact) mass is 253 g/mol. The molecule has 0 fully saturated rings. The number of hydrogen-bond donors (Lipinski definition) is 2. The Morgan fingerprint density at radius 1 is 1.00 bits per heavy atom. The zero-order chi connectivity index (χ0) is 13.7. The van der Waals surface area contributed by atoms with Gasteiger partial charge in [0.1, 0.15) is 0 Å². The van der Waals surface area contributed by atoms with Gasteiger partial charge in [-0.25, -0.2) is 0 Å². The first-order valence-corrected chi connectivity index (χ1v) is 6.63. The fraction of sp³-hybridized carbons (Fsp3) is 0.235. The number of rotatable bonds is 5. The number of benzene rings is 2. The molecule has 2 nitrogen and oxygen atoms in total. The van der Waals surface area contributed by atoms with E-state index in [2.05, 4.69) is 61.7 Å². The maximum absolute atomic E-state index is 4.00. The third kappa shape index (κ3) is 3.75. The Morgan fingerprint density at radius 3 is 2.37 bits per heavy atom. The molecule has 0 aliphatic rings. The second-order valence-corrected chi connectivity index (χ2v) is 4.81. The van der Waals surface area contributed by atoms with E-state index < -0.39 is 0 Å². The summed E-state index contributed by atoms with van der Waals surface area (Å²) in [4.78, 5) is 0. The maximum atomic E-state index is 4.00. The van der Waals surface area contributed by atoms with Gasteiger partial charge in [0.05, 0.1) is 6.17 Å². The number of hydrogen-bond acceptors (Lipinski definition) is 2. The fourth-order valence-corrected chi connectivity index (χ4v) is 2.08. The minimum absolute atomic E-state index is 0.129. The van der Waals surface area contributed by atoms with Crippen molar-refractivity contribution in [1.29, 1.82) is 0 Å². The first kappa shape index (κ1) is 13.5. The van der Waals surface area contributed by atoms with Crippen molar-refractivity contribution in [3.8, 4) is 0 Å². The Balaban J connectivity index is 2.06. The van der Waals surface area contributed by atoms with Crippen molar-refractivity contribution in [1.82, 2.24) is 0 Å². The lowest BCUT2D eigenvalue weighted by Gasteiger charge is -2.22. The molecular formula is C17H21N2. The van der Waals surface area contributed by atoms with E-state index in [1.54, 1.807) is 0 Å². The largest absolute Gasteiger partial charge is 0.365 e. The van der Waals surface area contributed by atoms with E-state index in [-0.39, 0.29) is 6.17 Å². The third-order valence-electron chi connectivity index (χ3n) is 3.12. The van der Waals surface area contributed by atoms with Crippen molar-refractivity contribution in [3.63, 3.8) is 0 Å². The summed E-state index contributed by atoms with van der Waals surface area (Å²) in [6.45, 7) is 8.23. The van der Waals surface area contributed by atoms with E-state index in [0.29, 0.717) is 0 Å². The Bertz CT molecular complexity index is 520. The zero-order valence-corrected chi connectivity index (χ0v) is 11.6. The van der Waals surface area contributed by atoms with Crippen molar-refractivity contribution in [3.05, 3.63) is 66.6 Å². The van der Waals surface area contributed by atoms with Gasteiger partial charge in [0, 0.05) is 11.4 Å². The second kappa shape index (κ2) is 6.28. The summed E-state index contributed by atoms with van der Waals surface area (Å²) in [5.41, 5.74) is 4.80. The third-order valence-corrected chi connectivity index (χ3v) is 3.12. The molecule has 0 bridgehead atoms. The van der Waals surface area contributed by atoms with Gasteiger partial charge >= 0.3 is 0 Å². The molecule has 2 aromatic rings. The van der Waals surface area contributed by atoms with E-state index in [0.717, 1.165) is 17.8 Å². The molecule has 1 atom stereocenters. The van der Waals surface area contributed by atoms with Crippen molar-refractivity contribution in [2.24, 2.45) is 0 Å². The Hall–Kier alpha value is -1.96. The molecule has 2 rings (SSSR count). The molecule has 2 aromatic carbocycles. The van der Waals surface area contributed by atoms with Crippen LogP contribution in [0.3, 0.4) is 0 Å². The zero-order valence-electron chi connectivity index (χ0n) is 11.6. The van der Waals surface area contributed by atoms with Gasteiger partial charge in [0.15, 0.2) is 0 Å². The summed E-state index contributed by atoms with van der Waals surface area (Å²) in [6, 6.07) is 16.6. The van der Waals surface area contributed by atoms with Gasteiger partial charge in [-0.2, -0.15) is 0 Å². The molecule has 2 N–H and O–H groups in total. The lowest BCUT2D eigenvalue weighted by atomic mass is 10.1. The molecule has 0 aliphatic carbocycles. The molecular weight excluding hydrogens is 232 g/mol. The number of aryl methyl sites for hydroxylation is 2. The summed E-state index contributed by atoms with van der Waals surface area (Å²) in [5, 5.41) is 6.94. The Labute approximate surface area is 115 Å². The van der Waals surface area contributed by atoms with Crippen LogP contribution in [0.15, 0.2) is 48.5 Å². The molecule has 19 heavy (non-hydrogen) atoms. The highest BCUT2D eigenvalue weighted by atomic mass is 15.1. The average molecular weight is 253 g/mol. The molecule has 0 spiro atoms. The van der Waals surface area contributed by atoms with Crippen LogP contribution >= 0.6 is 0 Å². The van der Waals surface area contributed by atoms with Crippen molar-refractivity contribution >= 4 is 11.4 Å². The highest BCUT2D eigenvalue weighted by molar-refractivity contribution is 5.54. The normalized spacial score (nSPS) is 11.9. The average Bonchev–Trinajstić information content (AvgIpc) is 2.42. The van der Waals surface area contributed by atoms with Crippen LogP contribution in [0.25, 0.3) is 0 Å². The van der Waals surface area contributed by atoms with Gasteiger partial charge in [0.25, 0.3) is 0 Å². The van der Waals surface area contributed by atoms with E-state index in [9.17, 15) is 0 Å². The van der Waals surface area contributed by atoms with E-state index >= 15 is 0 Å². The summed E-state index contributed by atoms with van der Waals surface area (Å²) >= 11 is 0. The van der Waals surface area contributed by atoms with Gasteiger partial charge in [-0.15, -0.1) is 0 Å². The summed E-state index contributed by atoms with van der Waals surface area (Å²) in [7, 11) is 0. The molecule has 0 aromatic heterocycles. The summed E-state index contributed by atoms with van der Waals surface area (Å²) in [6.07, 6.45) is 0.895. The van der Waals surface area contributed by atoms with Crippen LogP contribution in [-0.4, -0.2) is 6.17 Å². The first-order valence-electron chi connectivity index (χ1n) is 6.63. The SMILES string of the molecule is [CH2]CC(Nc1ccccc1)Nc1ccc(C)cc1C. The van der Waals surface area contributed by atoms with Crippen LogP contribution in [0.1, 0.15) is 17.5 Å². The van der Waals surface area contributed by atoms with Gasteiger partial charge in [-0.05, 0) is 51.0 Å². The number of para-hydroxylation sites is 1. The maximum Gasteiger partial charge on any atom is 0.0963 e. The molecule has 0 amide bonds. The van der Waals surface area contributed by atoms with E-state index in [1.807, 2.05) is 18.2 Å². The number of nitrogens with one attached hydrogen (secondary N) is 2. The number of anilines is 2. The van der Waals surface area contributed by atoms with Crippen LogP contribution in [0, 0.1) is 20.8 Å². The van der Waals surface area contributed by atoms with Gasteiger partial charge in [0.2, 0.25) is 0 Å². The van der Waals surface area contributed by atoms with E-state index in [1.165, 1.54) is 11.1 Å². The molecule has 0 heterocycles. The molecule has 0 aliphatic heterocycles. The quantitative estimate of drug-likeness (QED) is 0.773. The van der Waals surface area contributed by atoms with Gasteiger partial charge in [-0.3, -0.25) is 0 Å². The lowest BCUT2D eigenvalue weighted by molar-refractivity contribution is 0.825. The topological polar surface area (TPSA) is 24.1 Å². The van der Waals surface area contributed by atoms with Crippen LogP contribution < -0.4 is 10.6 Å². The predicted molar refractivity (Wildman–Crippen MR) is 83.4 cm³/mol. The van der Waals surface area contributed by atoms with Crippen LogP contribution in [0.4, 0.5) is 11.4 Å². The Morgan fingerprint density at radius 2 is 1.74 bits per heavy atom. The summed E-state index contributed by atoms with van der Waals surface area (Å²) in [5.74, 6) is 0. The van der Waals surface area contributed by atoms with Crippen molar-refractivity contribution in [2.75, 3.05) is 10.6 Å². The fourth-order valence-electron chi connectivity index (χ4n) is 2.08. The first-order chi connectivity index (χ1) is 9.19. The Kier molecular flexibility index (Phi) is 4.45. The minimum atomic E-state index is 0.129. The molecule has 0 saturated carbocycles. The smallest absolute Gasteiger partial charge is 0.0963 e. The molecule has 1 unspecified atom stereocenters. The minimum Gasteiger partial charge on any atom is -0.365 e. The van der Waals surface area contributed by atoms with Crippen molar-refractivity contribution < 1.29 is 0 Å². The molecule has 0 saturated heterocycles. The second-order valence-electron chi connectivity index (χ2n) is 4.81. The van der Waals surface area contributed by atoms with E-state index in [4.69, 9.17) is 0 Å². The molecule has 99 valence electrons. The highest BCUT2D eigenvalue weighted by Gasteiger charge is 2.07. The molecule has 2 heteroatoms. The molecule has 1 radical (unpaired) electrons. The van der Waals surface area contributed by atoms with Crippen molar-refractivity contribution in [2.45, 2.75) is 26.4 Å². The van der Waals surface area contributed by atoms with Crippen LogP contribution in [0.2, 0.25) is 0 Å². The van der Waals surface area contributed by atoms with Gasteiger partial charge < -0.3 is 10.6 Å². The highest BCUT2D eigenvalue weighted by Crippen LogP contribution is 2.18. The summed E-state index contributed by atoms with van der Waals surface area (Å²) < 4.78 is 0. The van der Waals surface area contributed by atoms with Crippen LogP contribution in [0.5, 0.6) is 0 Å². The van der Waals surface area contributed by atoms with Gasteiger partial charge in [-0.1, -0.05) is 35.9 Å². The standard InChI is InChI=1S/C17H21N2/c1-4-17(18-15-8-6-5-7-9-15)19-16-11-10-13(2)12-14(16)3/h5-12,17-19H,1,4H2,2-3H3. The van der Waals surface area contributed by atoms with Crippen LogP contribution in [-0.2, 0) is 0 Å². The predicted octanol–water partition coefficient (Wildman–Crippen LogP) is 4.38. The lowest BCUT2D eigenvalue weighted by Crippen LogP contribution is -2.28.